The molecular formula is C25H27N5O3. The number of amides is 2. The smallest absolute Gasteiger partial charge is 0.320 e. The molecule has 4 saturated carbocycles. The average molecular weight is 446 g/mol. The number of urea groups is 1. The molecule has 2 aromatic heterocycles. The Morgan fingerprint density at radius 1 is 1.03 bits per heavy atom. The largest absolute Gasteiger partial charge is 0.504 e. The van der Waals surface area contributed by atoms with E-state index in [0.29, 0.717) is 40.3 Å². The molecule has 1 aromatic carbocycles. The first-order chi connectivity index (χ1) is 16.1. The van der Waals surface area contributed by atoms with Crippen molar-refractivity contribution >= 4 is 23.0 Å². The standard InChI is InChI=1S/C25H27N5O3/c1-33-21-11-15(2-5-20(21)31)18-3-4-19-24(27-18)28-22(12-26-19)29-25(32)30-23-16-7-13-6-14(9-16)10-17(23)8-13/h2-5,11-14,16-17,23,31H,6-10H2,1H3,(H2,27,28,29,30,32). The minimum Gasteiger partial charge on any atom is -0.504 e. The molecule has 0 unspecified atom stereocenters. The molecule has 8 heteroatoms. The van der Waals surface area contributed by atoms with Crippen molar-refractivity contribution < 1.29 is 14.6 Å². The van der Waals surface area contributed by atoms with Crippen LogP contribution in [0.2, 0.25) is 0 Å². The normalized spacial score (nSPS) is 27.5. The number of anilines is 1. The van der Waals surface area contributed by atoms with Crippen molar-refractivity contribution in [3.05, 3.63) is 36.5 Å². The van der Waals surface area contributed by atoms with Gasteiger partial charge in [-0.05, 0) is 86.1 Å². The minimum absolute atomic E-state index is 0.0680. The second-order valence-corrected chi connectivity index (χ2v) is 9.74. The van der Waals surface area contributed by atoms with Crippen molar-refractivity contribution in [3.8, 4) is 22.8 Å². The number of methoxy groups -OCH3 is 1. The summed E-state index contributed by atoms with van der Waals surface area (Å²) in [7, 11) is 1.50. The van der Waals surface area contributed by atoms with Gasteiger partial charge in [0.2, 0.25) is 0 Å². The van der Waals surface area contributed by atoms with Gasteiger partial charge in [-0.2, -0.15) is 0 Å². The highest BCUT2D eigenvalue weighted by atomic mass is 16.5. The zero-order chi connectivity index (χ0) is 22.5. The van der Waals surface area contributed by atoms with E-state index in [2.05, 4.69) is 25.6 Å². The maximum absolute atomic E-state index is 12.8. The van der Waals surface area contributed by atoms with Gasteiger partial charge in [-0.25, -0.2) is 19.7 Å². The number of ether oxygens (including phenoxy) is 1. The molecule has 4 bridgehead atoms. The number of hydrogen-bond acceptors (Lipinski definition) is 6. The maximum atomic E-state index is 12.8. The molecule has 0 saturated heterocycles. The molecule has 0 aliphatic heterocycles. The third-order valence-corrected chi connectivity index (χ3v) is 7.65. The van der Waals surface area contributed by atoms with Crippen molar-refractivity contribution in [1.82, 2.24) is 20.3 Å². The maximum Gasteiger partial charge on any atom is 0.320 e. The lowest BCUT2D eigenvalue weighted by molar-refractivity contribution is -0.00883. The number of phenolic OH excluding ortho intramolecular Hbond substituents is 1. The number of hydrogen-bond donors (Lipinski definition) is 3. The van der Waals surface area contributed by atoms with E-state index in [1.165, 1.54) is 39.2 Å². The van der Waals surface area contributed by atoms with Crippen LogP contribution in [0.15, 0.2) is 36.5 Å². The number of carbonyl (C=O) groups is 1. The van der Waals surface area contributed by atoms with Crippen LogP contribution in [0.4, 0.5) is 10.6 Å². The molecule has 0 spiro atoms. The number of aromatic nitrogens is 3. The summed E-state index contributed by atoms with van der Waals surface area (Å²) in [4.78, 5) is 26.3. The van der Waals surface area contributed by atoms with E-state index in [1.54, 1.807) is 24.4 Å². The second-order valence-electron chi connectivity index (χ2n) is 9.74. The van der Waals surface area contributed by atoms with Gasteiger partial charge in [-0.1, -0.05) is 0 Å². The Hall–Kier alpha value is -3.42. The summed E-state index contributed by atoms with van der Waals surface area (Å²) in [5.74, 6) is 3.78. The molecule has 0 radical (unpaired) electrons. The van der Waals surface area contributed by atoms with Gasteiger partial charge in [-0.3, -0.25) is 5.32 Å². The Morgan fingerprint density at radius 3 is 2.52 bits per heavy atom. The summed E-state index contributed by atoms with van der Waals surface area (Å²) in [6.07, 6.45) is 7.96. The Bertz CT molecular complexity index is 1200. The Morgan fingerprint density at radius 2 is 1.79 bits per heavy atom. The number of rotatable bonds is 4. The Kier molecular flexibility index (Phi) is 4.81. The Labute approximate surface area is 191 Å². The molecule has 2 amide bonds. The first-order valence-electron chi connectivity index (χ1n) is 11.6. The third-order valence-electron chi connectivity index (χ3n) is 7.65. The second kappa shape index (κ2) is 7.86. The molecule has 4 aliphatic rings. The molecule has 4 fully saturated rings. The topological polar surface area (TPSA) is 109 Å². The molecule has 4 aliphatic carbocycles. The predicted octanol–water partition coefficient (Wildman–Crippen LogP) is 4.35. The number of nitrogens with one attached hydrogen (secondary N) is 2. The molecule has 2 heterocycles. The molecule has 0 atom stereocenters. The van der Waals surface area contributed by atoms with Crippen LogP contribution < -0.4 is 15.4 Å². The fourth-order valence-electron chi connectivity index (χ4n) is 6.42. The van der Waals surface area contributed by atoms with Gasteiger partial charge >= 0.3 is 6.03 Å². The predicted molar refractivity (Wildman–Crippen MR) is 124 cm³/mol. The number of carbonyl (C=O) groups excluding carboxylic acids is 1. The minimum atomic E-state index is -0.222. The van der Waals surface area contributed by atoms with Gasteiger partial charge in [-0.15, -0.1) is 0 Å². The van der Waals surface area contributed by atoms with Crippen molar-refractivity contribution in [1.29, 1.82) is 0 Å². The summed E-state index contributed by atoms with van der Waals surface area (Å²) in [6, 6.07) is 8.77. The summed E-state index contributed by atoms with van der Waals surface area (Å²) < 4.78 is 5.20. The molecule has 7 rings (SSSR count). The summed E-state index contributed by atoms with van der Waals surface area (Å²) in [6.45, 7) is 0. The highest BCUT2D eigenvalue weighted by Gasteiger charge is 2.48. The fraction of sp³-hybridized carbons (Fsp3) is 0.440. The van der Waals surface area contributed by atoms with E-state index in [-0.39, 0.29) is 17.8 Å². The zero-order valence-electron chi connectivity index (χ0n) is 18.5. The average Bonchev–Trinajstić information content (AvgIpc) is 2.81. The van der Waals surface area contributed by atoms with Crippen molar-refractivity contribution in [2.24, 2.45) is 23.7 Å². The van der Waals surface area contributed by atoms with E-state index in [4.69, 9.17) is 4.74 Å². The van der Waals surface area contributed by atoms with Gasteiger partial charge in [0.15, 0.2) is 23.0 Å². The van der Waals surface area contributed by atoms with E-state index >= 15 is 0 Å². The van der Waals surface area contributed by atoms with Crippen LogP contribution in [-0.2, 0) is 0 Å². The van der Waals surface area contributed by atoms with E-state index in [9.17, 15) is 9.90 Å². The first-order valence-corrected chi connectivity index (χ1v) is 11.6. The lowest BCUT2D eigenvalue weighted by Gasteiger charge is -2.54. The molecule has 170 valence electrons. The van der Waals surface area contributed by atoms with Crippen molar-refractivity contribution in [2.45, 2.75) is 38.1 Å². The van der Waals surface area contributed by atoms with Crippen molar-refractivity contribution in [3.63, 3.8) is 0 Å². The third kappa shape index (κ3) is 3.73. The fourth-order valence-corrected chi connectivity index (χ4v) is 6.42. The summed E-state index contributed by atoms with van der Waals surface area (Å²) in [5, 5.41) is 15.9. The van der Waals surface area contributed by atoms with Gasteiger partial charge in [0, 0.05) is 11.6 Å². The van der Waals surface area contributed by atoms with Crippen LogP contribution >= 0.6 is 0 Å². The van der Waals surface area contributed by atoms with E-state index in [0.717, 1.165) is 17.4 Å². The van der Waals surface area contributed by atoms with Crippen LogP contribution in [0.25, 0.3) is 22.4 Å². The monoisotopic (exact) mass is 445 g/mol. The van der Waals surface area contributed by atoms with Crippen LogP contribution in [0.3, 0.4) is 0 Å². The van der Waals surface area contributed by atoms with Crippen LogP contribution in [-0.4, -0.2) is 39.2 Å². The number of pyridine rings is 1. The highest BCUT2D eigenvalue weighted by molar-refractivity contribution is 5.89. The number of aromatic hydroxyl groups is 1. The van der Waals surface area contributed by atoms with Crippen LogP contribution in [0, 0.1) is 23.7 Å². The summed E-state index contributed by atoms with van der Waals surface area (Å²) in [5.41, 5.74) is 2.53. The lowest BCUT2D eigenvalue weighted by Crippen LogP contribution is -2.56. The Balaban J connectivity index is 1.19. The van der Waals surface area contributed by atoms with Gasteiger partial charge < -0.3 is 15.2 Å². The van der Waals surface area contributed by atoms with Gasteiger partial charge in [0.1, 0.15) is 5.52 Å². The number of fused-ring (bicyclic) bond motifs is 1. The van der Waals surface area contributed by atoms with Crippen molar-refractivity contribution in [2.75, 3.05) is 12.4 Å². The number of phenols is 1. The molecule has 3 N–H and O–H groups in total. The van der Waals surface area contributed by atoms with Gasteiger partial charge in [0.25, 0.3) is 0 Å². The van der Waals surface area contributed by atoms with Gasteiger partial charge in [0.05, 0.1) is 19.0 Å². The van der Waals surface area contributed by atoms with E-state index in [1.807, 2.05) is 12.1 Å². The van der Waals surface area contributed by atoms with Crippen LogP contribution in [0.5, 0.6) is 11.5 Å². The summed E-state index contributed by atoms with van der Waals surface area (Å²) >= 11 is 0. The lowest BCUT2D eigenvalue weighted by atomic mass is 9.54. The quantitative estimate of drug-likeness (QED) is 0.551. The zero-order valence-corrected chi connectivity index (χ0v) is 18.5. The molecular weight excluding hydrogens is 418 g/mol. The first kappa shape index (κ1) is 20.2. The van der Waals surface area contributed by atoms with Crippen LogP contribution in [0.1, 0.15) is 32.1 Å². The number of nitrogens with zero attached hydrogens (tertiary/aromatic N) is 3. The highest BCUT2D eigenvalue weighted by Crippen LogP contribution is 2.53. The van der Waals surface area contributed by atoms with E-state index < -0.39 is 0 Å². The molecule has 3 aromatic rings. The SMILES string of the molecule is COc1cc(-c2ccc3ncc(NC(=O)NC4C5CC6CC(C5)CC4C6)nc3n2)ccc1O. The number of benzene rings is 1. The molecule has 8 nitrogen and oxygen atoms in total. The molecule has 33 heavy (non-hydrogen) atoms.